The van der Waals surface area contributed by atoms with Gasteiger partial charge in [0.1, 0.15) is 12.1 Å². The Hall–Kier alpha value is -2.91. The van der Waals surface area contributed by atoms with Crippen molar-refractivity contribution in [1.82, 2.24) is 26.2 Å². The predicted molar refractivity (Wildman–Crippen MR) is 141 cm³/mol. The third-order valence-electron chi connectivity index (χ3n) is 7.31. The quantitative estimate of drug-likeness (QED) is 0.244. The van der Waals surface area contributed by atoms with Crippen molar-refractivity contribution >= 4 is 29.5 Å². The molecule has 1 aliphatic heterocycles. The summed E-state index contributed by atoms with van der Waals surface area (Å²) in [5.41, 5.74) is -0.607. The van der Waals surface area contributed by atoms with Crippen LogP contribution in [0.25, 0.3) is 0 Å². The van der Waals surface area contributed by atoms with Crippen LogP contribution >= 0.6 is 0 Å². The molecule has 2 unspecified atom stereocenters. The normalized spacial score (nSPS) is 23.4. The molecule has 1 aliphatic carbocycles. The lowest BCUT2D eigenvalue weighted by molar-refractivity contribution is -0.144. The molecule has 0 spiro atoms. The fraction of sp³-hybridized carbons (Fsp3) is 0.741. The Morgan fingerprint density at radius 1 is 1.11 bits per heavy atom. The van der Waals surface area contributed by atoms with Crippen molar-refractivity contribution < 1.29 is 24.0 Å². The minimum atomic E-state index is -0.989. The Morgan fingerprint density at radius 3 is 2.24 bits per heavy atom. The molecule has 4 N–H and O–H groups in total. The van der Waals surface area contributed by atoms with Gasteiger partial charge in [0.2, 0.25) is 17.6 Å². The monoisotopic (exact) mass is 519 g/mol. The molecular formula is C27H45N5O5. The number of nitrogens with zero attached hydrogens (tertiary/aromatic N) is 1. The molecule has 37 heavy (non-hydrogen) atoms. The van der Waals surface area contributed by atoms with Gasteiger partial charge < -0.3 is 26.2 Å². The standard InChI is InChI=1S/C27H45N5O5/c1-10-12-17(21(33)23(35)28-13-11-2)29-22(34)20-18-16(27(18,8)9)14-32(20)24(36)19(15(3)4)30-25(37)31-26(5,6)7/h11,15-20H,2,10,12-14H2,1,3-9H3,(H,28,35)(H,29,34)(H2,30,31,37)/t16-,17+,18?,19?,20-/m0/s1. The zero-order valence-electron chi connectivity index (χ0n) is 23.6. The SMILES string of the molecule is C=CCNC(=O)C(=O)[C@@H](CCC)NC(=O)[C@@H]1C2[C@H](CN1C(=O)C(NC(=O)NC(C)(C)C)C(C)C)C2(C)C. The summed E-state index contributed by atoms with van der Waals surface area (Å²) in [7, 11) is 0. The van der Waals surface area contributed by atoms with Crippen LogP contribution in [0.3, 0.4) is 0 Å². The maximum Gasteiger partial charge on any atom is 0.315 e. The first-order valence-corrected chi connectivity index (χ1v) is 13.2. The Morgan fingerprint density at radius 2 is 1.73 bits per heavy atom. The van der Waals surface area contributed by atoms with Crippen LogP contribution in [0.1, 0.15) is 68.2 Å². The second kappa shape index (κ2) is 11.6. The van der Waals surface area contributed by atoms with Crippen LogP contribution in [0.4, 0.5) is 4.79 Å². The van der Waals surface area contributed by atoms with Gasteiger partial charge in [0, 0.05) is 18.6 Å². The number of carbonyl (C=O) groups excluding carboxylic acids is 5. The van der Waals surface area contributed by atoms with Gasteiger partial charge in [0.15, 0.2) is 0 Å². The van der Waals surface area contributed by atoms with Gasteiger partial charge in [-0.1, -0.05) is 47.1 Å². The molecule has 0 aromatic rings. The summed E-state index contributed by atoms with van der Waals surface area (Å²) in [5.74, 6) is -2.42. The number of Topliss-reactive ketones (excluding diaryl/α,β-unsaturated/α-hetero) is 1. The van der Waals surface area contributed by atoms with Crippen LogP contribution in [0.15, 0.2) is 12.7 Å². The van der Waals surface area contributed by atoms with E-state index < -0.39 is 47.3 Å². The van der Waals surface area contributed by atoms with Crippen molar-refractivity contribution in [2.24, 2.45) is 23.2 Å². The van der Waals surface area contributed by atoms with E-state index in [1.807, 2.05) is 41.5 Å². The molecule has 10 heteroatoms. The number of amides is 5. The van der Waals surface area contributed by atoms with Gasteiger partial charge >= 0.3 is 6.03 Å². The number of rotatable bonds is 11. The summed E-state index contributed by atoms with van der Waals surface area (Å²) < 4.78 is 0. The predicted octanol–water partition coefficient (Wildman–Crippen LogP) is 1.75. The molecule has 1 saturated carbocycles. The maximum absolute atomic E-state index is 13.7. The van der Waals surface area contributed by atoms with E-state index in [-0.39, 0.29) is 35.6 Å². The fourth-order valence-electron chi connectivity index (χ4n) is 5.25. The topological polar surface area (TPSA) is 137 Å². The number of piperidine rings is 1. The van der Waals surface area contributed by atoms with Crippen molar-refractivity contribution in [3.05, 3.63) is 12.7 Å². The first kappa shape index (κ1) is 30.3. The molecule has 0 radical (unpaired) electrons. The van der Waals surface area contributed by atoms with E-state index in [2.05, 4.69) is 41.7 Å². The number of hydrogen-bond acceptors (Lipinski definition) is 5. The highest BCUT2D eigenvalue weighted by Crippen LogP contribution is 2.64. The van der Waals surface area contributed by atoms with E-state index in [4.69, 9.17) is 0 Å². The summed E-state index contributed by atoms with van der Waals surface area (Å²) >= 11 is 0. The molecule has 208 valence electrons. The number of hydrogen-bond donors (Lipinski definition) is 4. The largest absolute Gasteiger partial charge is 0.346 e. The molecule has 1 heterocycles. The minimum absolute atomic E-state index is 0.0698. The van der Waals surface area contributed by atoms with E-state index in [1.54, 1.807) is 4.90 Å². The highest BCUT2D eigenvalue weighted by molar-refractivity contribution is 6.38. The lowest BCUT2D eigenvalue weighted by Crippen LogP contribution is -2.60. The third-order valence-corrected chi connectivity index (χ3v) is 7.31. The summed E-state index contributed by atoms with van der Waals surface area (Å²) in [4.78, 5) is 66.5. The van der Waals surface area contributed by atoms with Crippen molar-refractivity contribution in [2.45, 2.75) is 91.9 Å². The van der Waals surface area contributed by atoms with Crippen molar-refractivity contribution in [2.75, 3.05) is 13.1 Å². The van der Waals surface area contributed by atoms with Gasteiger partial charge in [-0.2, -0.15) is 0 Å². The zero-order valence-corrected chi connectivity index (χ0v) is 23.6. The lowest BCUT2D eigenvalue weighted by atomic mass is 9.96. The first-order chi connectivity index (χ1) is 17.1. The Balaban J connectivity index is 2.25. The Labute approximate surface area is 220 Å². The van der Waals surface area contributed by atoms with Gasteiger partial charge in [0.05, 0.1) is 6.04 Å². The van der Waals surface area contributed by atoms with E-state index >= 15 is 0 Å². The van der Waals surface area contributed by atoms with Gasteiger partial charge in [-0.3, -0.25) is 19.2 Å². The van der Waals surface area contributed by atoms with Crippen molar-refractivity contribution in [3.63, 3.8) is 0 Å². The number of carbonyl (C=O) groups is 5. The van der Waals surface area contributed by atoms with Crippen LogP contribution in [-0.2, 0) is 19.2 Å². The van der Waals surface area contributed by atoms with E-state index in [0.29, 0.717) is 19.4 Å². The van der Waals surface area contributed by atoms with Gasteiger partial charge in [-0.15, -0.1) is 6.58 Å². The molecule has 2 fully saturated rings. The van der Waals surface area contributed by atoms with Gasteiger partial charge in [-0.05, 0) is 50.4 Å². The van der Waals surface area contributed by atoms with Gasteiger partial charge in [0.25, 0.3) is 5.91 Å². The second-order valence-electron chi connectivity index (χ2n) is 12.2. The average molecular weight is 520 g/mol. The van der Waals surface area contributed by atoms with Crippen molar-refractivity contribution in [1.29, 1.82) is 0 Å². The van der Waals surface area contributed by atoms with E-state index in [0.717, 1.165) is 0 Å². The third kappa shape index (κ3) is 7.11. The molecule has 5 amide bonds. The number of nitrogens with one attached hydrogen (secondary N) is 4. The molecular weight excluding hydrogens is 474 g/mol. The summed E-state index contributed by atoms with van der Waals surface area (Å²) in [6, 6.07) is -3.05. The zero-order chi connectivity index (χ0) is 28.3. The van der Waals surface area contributed by atoms with Crippen LogP contribution in [-0.4, -0.2) is 71.2 Å². The number of fused-ring (bicyclic) bond motifs is 1. The second-order valence-corrected chi connectivity index (χ2v) is 12.2. The molecule has 0 aromatic heterocycles. The number of ketones is 1. The van der Waals surface area contributed by atoms with E-state index in [1.165, 1.54) is 6.08 Å². The fourth-order valence-corrected chi connectivity index (χ4v) is 5.25. The highest BCUT2D eigenvalue weighted by atomic mass is 16.2. The van der Waals surface area contributed by atoms with Crippen LogP contribution < -0.4 is 21.3 Å². The van der Waals surface area contributed by atoms with Crippen LogP contribution in [0, 0.1) is 23.2 Å². The molecule has 10 nitrogen and oxygen atoms in total. The van der Waals surface area contributed by atoms with Gasteiger partial charge in [-0.25, -0.2) is 4.79 Å². The summed E-state index contributed by atoms with van der Waals surface area (Å²) in [6.07, 6.45) is 2.35. The Kier molecular flexibility index (Phi) is 9.54. The molecule has 5 atom stereocenters. The Bertz CT molecular complexity index is 923. The lowest BCUT2D eigenvalue weighted by Gasteiger charge is -2.35. The highest BCUT2D eigenvalue weighted by Gasteiger charge is 2.69. The summed E-state index contributed by atoms with van der Waals surface area (Å²) in [5, 5.41) is 10.8. The number of urea groups is 1. The molecule has 2 rings (SSSR count). The average Bonchev–Trinajstić information content (AvgIpc) is 3.11. The smallest absolute Gasteiger partial charge is 0.315 e. The molecule has 2 aliphatic rings. The van der Waals surface area contributed by atoms with Crippen molar-refractivity contribution in [3.8, 4) is 0 Å². The first-order valence-electron chi connectivity index (χ1n) is 13.2. The molecule has 1 saturated heterocycles. The minimum Gasteiger partial charge on any atom is -0.346 e. The van der Waals surface area contributed by atoms with Crippen LogP contribution in [0.2, 0.25) is 0 Å². The molecule has 0 aromatic carbocycles. The van der Waals surface area contributed by atoms with E-state index in [9.17, 15) is 24.0 Å². The maximum atomic E-state index is 13.7. The van der Waals surface area contributed by atoms with Crippen LogP contribution in [0.5, 0.6) is 0 Å². The summed E-state index contributed by atoms with van der Waals surface area (Å²) in [6.45, 7) is 19.3. The molecule has 0 bridgehead atoms. The number of likely N-dealkylation sites (tertiary alicyclic amines) is 1.